The van der Waals surface area contributed by atoms with E-state index in [2.05, 4.69) is 21.2 Å². The molecule has 0 aliphatic rings. The first-order valence-electron chi connectivity index (χ1n) is 6.19. The SMILES string of the molecule is CC(OC(=O)c1cccc(N)c1Br)C(=O)NC(C)(C)C. The molecule has 1 amide bonds. The van der Waals surface area contributed by atoms with Crippen LogP contribution in [-0.4, -0.2) is 23.5 Å². The second-order valence-corrected chi connectivity index (χ2v) is 6.29. The number of benzene rings is 1. The van der Waals surface area contributed by atoms with Gasteiger partial charge >= 0.3 is 5.97 Å². The minimum absolute atomic E-state index is 0.292. The summed E-state index contributed by atoms with van der Waals surface area (Å²) in [6.07, 6.45) is -0.880. The van der Waals surface area contributed by atoms with Crippen LogP contribution in [0.2, 0.25) is 0 Å². The van der Waals surface area contributed by atoms with Crippen molar-refractivity contribution in [3.05, 3.63) is 28.2 Å². The molecule has 1 aromatic rings. The number of halogens is 1. The first-order valence-corrected chi connectivity index (χ1v) is 6.98. The lowest BCUT2D eigenvalue weighted by atomic mass is 10.1. The highest BCUT2D eigenvalue weighted by molar-refractivity contribution is 9.10. The zero-order chi connectivity index (χ0) is 15.5. The number of rotatable bonds is 3. The summed E-state index contributed by atoms with van der Waals surface area (Å²) in [6.45, 7) is 7.09. The van der Waals surface area contributed by atoms with Gasteiger partial charge in [0.25, 0.3) is 5.91 Å². The molecule has 1 rings (SSSR count). The van der Waals surface area contributed by atoms with Crippen LogP contribution >= 0.6 is 15.9 Å². The van der Waals surface area contributed by atoms with Crippen LogP contribution in [0.4, 0.5) is 5.69 Å². The van der Waals surface area contributed by atoms with Crippen LogP contribution in [0.3, 0.4) is 0 Å². The number of nitrogen functional groups attached to an aromatic ring is 1. The summed E-state index contributed by atoms with van der Waals surface area (Å²) < 4.78 is 5.61. The van der Waals surface area contributed by atoms with E-state index in [1.165, 1.54) is 6.92 Å². The topological polar surface area (TPSA) is 81.4 Å². The maximum Gasteiger partial charge on any atom is 0.340 e. The van der Waals surface area contributed by atoms with Gasteiger partial charge in [-0.1, -0.05) is 6.07 Å². The van der Waals surface area contributed by atoms with Crippen LogP contribution in [0.25, 0.3) is 0 Å². The first-order chi connectivity index (χ1) is 9.11. The van der Waals surface area contributed by atoms with Crippen molar-refractivity contribution in [2.24, 2.45) is 0 Å². The molecule has 1 atom stereocenters. The van der Waals surface area contributed by atoms with Crippen LogP contribution in [0, 0.1) is 0 Å². The van der Waals surface area contributed by atoms with Crippen LogP contribution in [0.5, 0.6) is 0 Å². The van der Waals surface area contributed by atoms with E-state index in [9.17, 15) is 9.59 Å². The average molecular weight is 343 g/mol. The molecule has 0 aliphatic carbocycles. The van der Waals surface area contributed by atoms with Gasteiger partial charge in [-0.3, -0.25) is 4.79 Å². The molecule has 0 aliphatic heterocycles. The molecule has 6 heteroatoms. The van der Waals surface area contributed by atoms with Gasteiger partial charge in [-0.05, 0) is 55.8 Å². The number of hydrogen-bond acceptors (Lipinski definition) is 4. The van der Waals surface area contributed by atoms with E-state index < -0.39 is 12.1 Å². The fourth-order valence-electron chi connectivity index (χ4n) is 1.46. The predicted molar refractivity (Wildman–Crippen MR) is 81.3 cm³/mol. The monoisotopic (exact) mass is 342 g/mol. The number of esters is 1. The van der Waals surface area contributed by atoms with E-state index in [1.807, 2.05) is 20.8 Å². The number of hydrogen-bond donors (Lipinski definition) is 2. The molecule has 0 bridgehead atoms. The molecule has 0 aromatic heterocycles. The smallest absolute Gasteiger partial charge is 0.340 e. The molecule has 1 aromatic carbocycles. The van der Waals surface area contributed by atoms with E-state index in [-0.39, 0.29) is 11.4 Å². The van der Waals surface area contributed by atoms with E-state index in [1.54, 1.807) is 18.2 Å². The Morgan fingerprint density at radius 1 is 1.35 bits per heavy atom. The van der Waals surface area contributed by atoms with Crippen molar-refractivity contribution in [1.29, 1.82) is 0 Å². The zero-order valence-corrected chi connectivity index (χ0v) is 13.6. The van der Waals surface area contributed by atoms with Gasteiger partial charge in [-0.2, -0.15) is 0 Å². The summed E-state index contributed by atoms with van der Waals surface area (Å²) in [5.41, 5.74) is 6.05. The molecule has 3 N–H and O–H groups in total. The lowest BCUT2D eigenvalue weighted by molar-refractivity contribution is -0.130. The second kappa shape index (κ2) is 6.26. The van der Waals surface area contributed by atoms with Crippen molar-refractivity contribution in [3.8, 4) is 0 Å². The normalized spacial score (nSPS) is 12.7. The highest BCUT2D eigenvalue weighted by Crippen LogP contribution is 2.24. The van der Waals surface area contributed by atoms with Gasteiger partial charge in [-0.15, -0.1) is 0 Å². The number of ether oxygens (including phenoxy) is 1. The van der Waals surface area contributed by atoms with Crippen molar-refractivity contribution in [2.45, 2.75) is 39.3 Å². The third kappa shape index (κ3) is 4.52. The highest BCUT2D eigenvalue weighted by Gasteiger charge is 2.23. The molecule has 0 heterocycles. The Kier molecular flexibility index (Phi) is 5.16. The summed E-state index contributed by atoms with van der Waals surface area (Å²) >= 11 is 3.23. The Bertz CT molecular complexity index is 524. The lowest BCUT2D eigenvalue weighted by Gasteiger charge is -2.23. The molecular weight excluding hydrogens is 324 g/mol. The third-order valence-electron chi connectivity index (χ3n) is 2.40. The van der Waals surface area contributed by atoms with Gasteiger partial charge in [0, 0.05) is 11.2 Å². The van der Waals surface area contributed by atoms with E-state index in [0.717, 1.165) is 0 Å². The van der Waals surface area contributed by atoms with Crippen molar-refractivity contribution in [2.75, 3.05) is 5.73 Å². The number of nitrogens with one attached hydrogen (secondary N) is 1. The Morgan fingerprint density at radius 2 is 1.95 bits per heavy atom. The van der Waals surface area contributed by atoms with E-state index >= 15 is 0 Å². The third-order valence-corrected chi connectivity index (χ3v) is 3.28. The second-order valence-electron chi connectivity index (χ2n) is 5.50. The maximum absolute atomic E-state index is 12.0. The molecule has 110 valence electrons. The van der Waals surface area contributed by atoms with Gasteiger partial charge in [-0.25, -0.2) is 4.79 Å². The summed E-state index contributed by atoms with van der Waals surface area (Å²) in [5, 5.41) is 2.75. The molecule has 5 nitrogen and oxygen atoms in total. The van der Waals surface area contributed by atoms with Gasteiger partial charge < -0.3 is 15.8 Å². The highest BCUT2D eigenvalue weighted by atomic mass is 79.9. The van der Waals surface area contributed by atoms with Crippen molar-refractivity contribution in [3.63, 3.8) is 0 Å². The molecule has 0 radical (unpaired) electrons. The summed E-state index contributed by atoms with van der Waals surface area (Å²) in [5.74, 6) is -0.938. The van der Waals surface area contributed by atoms with Crippen LogP contribution in [0.1, 0.15) is 38.1 Å². The van der Waals surface area contributed by atoms with Gasteiger partial charge in [0.1, 0.15) is 0 Å². The van der Waals surface area contributed by atoms with Gasteiger partial charge in [0.05, 0.1) is 10.0 Å². The Morgan fingerprint density at radius 3 is 2.50 bits per heavy atom. The Hall–Kier alpha value is -1.56. The summed E-state index contributed by atoms with van der Waals surface area (Å²) in [7, 11) is 0. The number of carbonyl (C=O) groups excluding carboxylic acids is 2. The fraction of sp³-hybridized carbons (Fsp3) is 0.429. The number of carbonyl (C=O) groups is 2. The van der Waals surface area contributed by atoms with Gasteiger partial charge in [0.2, 0.25) is 0 Å². The quantitative estimate of drug-likeness (QED) is 0.653. The largest absolute Gasteiger partial charge is 0.449 e. The Labute approximate surface area is 127 Å². The molecule has 0 fully saturated rings. The number of nitrogens with two attached hydrogens (primary N) is 1. The molecule has 0 spiro atoms. The summed E-state index contributed by atoms with van der Waals surface area (Å²) in [4.78, 5) is 23.9. The maximum atomic E-state index is 12.0. The molecule has 0 saturated carbocycles. The minimum Gasteiger partial charge on any atom is -0.449 e. The molecular formula is C14H19BrN2O3. The fourth-order valence-corrected chi connectivity index (χ4v) is 1.88. The molecule has 1 unspecified atom stereocenters. The molecule has 0 saturated heterocycles. The first kappa shape index (κ1) is 16.5. The van der Waals surface area contributed by atoms with Gasteiger partial charge in [0.15, 0.2) is 6.10 Å². The lowest BCUT2D eigenvalue weighted by Crippen LogP contribution is -2.46. The number of anilines is 1. The Balaban J connectivity index is 2.76. The minimum atomic E-state index is -0.880. The van der Waals surface area contributed by atoms with Crippen LogP contribution in [-0.2, 0) is 9.53 Å². The molecule has 20 heavy (non-hydrogen) atoms. The van der Waals surface area contributed by atoms with Crippen LogP contribution < -0.4 is 11.1 Å². The van der Waals surface area contributed by atoms with Crippen molar-refractivity contribution >= 4 is 33.5 Å². The zero-order valence-electron chi connectivity index (χ0n) is 12.0. The predicted octanol–water partition coefficient (Wildman–Crippen LogP) is 2.49. The summed E-state index contributed by atoms with van der Waals surface area (Å²) in [6, 6.07) is 4.89. The van der Waals surface area contributed by atoms with E-state index in [4.69, 9.17) is 10.5 Å². The van der Waals surface area contributed by atoms with Crippen molar-refractivity contribution in [1.82, 2.24) is 5.32 Å². The standard InChI is InChI=1S/C14H19BrN2O3/c1-8(12(18)17-14(2,3)4)20-13(19)9-6-5-7-10(16)11(9)15/h5-8H,16H2,1-4H3,(H,17,18). The van der Waals surface area contributed by atoms with E-state index in [0.29, 0.717) is 15.7 Å². The average Bonchev–Trinajstić information content (AvgIpc) is 2.30. The number of amides is 1. The van der Waals surface area contributed by atoms with Crippen LogP contribution in [0.15, 0.2) is 22.7 Å². The van der Waals surface area contributed by atoms with Crippen molar-refractivity contribution < 1.29 is 14.3 Å².